The van der Waals surface area contributed by atoms with Crippen molar-refractivity contribution in [1.29, 1.82) is 0 Å². The first-order valence-corrected chi connectivity index (χ1v) is 5.85. The minimum atomic E-state index is 1.10. The largest absolute Gasteiger partial charge is 0.0656 e. The van der Waals surface area contributed by atoms with Gasteiger partial charge < -0.3 is 0 Å². The second kappa shape index (κ2) is 9.09. The van der Waals surface area contributed by atoms with Gasteiger partial charge in [-0.25, -0.2) is 0 Å². The van der Waals surface area contributed by atoms with Gasteiger partial charge in [-0.3, -0.25) is 0 Å². The van der Waals surface area contributed by atoms with Crippen LogP contribution < -0.4 is 0 Å². The third-order valence-electron chi connectivity index (χ3n) is 2.42. The Balaban J connectivity index is 0.000000354. The van der Waals surface area contributed by atoms with E-state index in [1.807, 2.05) is 0 Å². The average Bonchev–Trinajstić information content (AvgIpc) is 2.08. The second-order valence-electron chi connectivity index (χ2n) is 4.00. The predicted molar refractivity (Wildman–Crippen MR) is 57.4 cm³/mol. The highest BCUT2D eigenvalue weighted by Gasteiger charge is 2.10. The van der Waals surface area contributed by atoms with Crippen LogP contribution in [0.15, 0.2) is 0 Å². The normalized spacial score (nSPS) is 18.2. The zero-order chi connectivity index (χ0) is 9.23. The molecule has 0 aliphatic heterocycles. The molecular formula is C12H26. The second-order valence-corrected chi connectivity index (χ2v) is 4.00. The van der Waals surface area contributed by atoms with Crippen LogP contribution in [-0.4, -0.2) is 0 Å². The van der Waals surface area contributed by atoms with Crippen molar-refractivity contribution in [2.24, 2.45) is 5.92 Å². The van der Waals surface area contributed by atoms with Crippen LogP contribution in [0, 0.1) is 5.92 Å². The molecule has 0 unspecified atom stereocenters. The van der Waals surface area contributed by atoms with Gasteiger partial charge in [0.1, 0.15) is 0 Å². The zero-order valence-electron chi connectivity index (χ0n) is 9.23. The van der Waals surface area contributed by atoms with Crippen LogP contribution in [0.3, 0.4) is 0 Å². The lowest BCUT2D eigenvalue weighted by Crippen LogP contribution is -2.04. The highest BCUT2D eigenvalue weighted by atomic mass is 14.2. The third-order valence-corrected chi connectivity index (χ3v) is 2.42. The Morgan fingerprint density at radius 2 is 1.42 bits per heavy atom. The van der Waals surface area contributed by atoms with Crippen molar-refractivity contribution in [1.82, 2.24) is 0 Å². The maximum absolute atomic E-state index is 2.30. The summed E-state index contributed by atoms with van der Waals surface area (Å²) >= 11 is 0. The lowest BCUT2D eigenvalue weighted by Gasteiger charge is -2.20. The first-order valence-electron chi connectivity index (χ1n) is 5.85. The lowest BCUT2D eigenvalue weighted by atomic mass is 9.86. The van der Waals surface area contributed by atoms with Crippen molar-refractivity contribution < 1.29 is 0 Å². The van der Waals surface area contributed by atoms with Crippen molar-refractivity contribution in [3.8, 4) is 0 Å². The molecule has 0 aromatic heterocycles. The minimum absolute atomic E-state index is 1.10. The number of rotatable bonds is 2. The quantitative estimate of drug-likeness (QED) is 0.559. The van der Waals surface area contributed by atoms with Gasteiger partial charge in [0, 0.05) is 0 Å². The van der Waals surface area contributed by atoms with E-state index in [1.165, 1.54) is 51.4 Å². The van der Waals surface area contributed by atoms with Crippen molar-refractivity contribution >= 4 is 0 Å². The summed E-state index contributed by atoms with van der Waals surface area (Å²) in [5, 5.41) is 0. The predicted octanol–water partition coefficient (Wildman–Crippen LogP) is 4.78. The van der Waals surface area contributed by atoms with Gasteiger partial charge in [0.25, 0.3) is 0 Å². The molecule has 1 rings (SSSR count). The number of hydrogen-bond donors (Lipinski definition) is 0. The Morgan fingerprint density at radius 3 is 1.83 bits per heavy atom. The fourth-order valence-electron chi connectivity index (χ4n) is 1.88. The van der Waals surface area contributed by atoms with Crippen molar-refractivity contribution in [2.45, 2.75) is 72.1 Å². The summed E-state index contributed by atoms with van der Waals surface area (Å²) in [4.78, 5) is 0. The first-order chi connectivity index (χ1) is 5.85. The average molecular weight is 170 g/mol. The molecule has 0 amide bonds. The summed E-state index contributed by atoms with van der Waals surface area (Å²) in [7, 11) is 0. The summed E-state index contributed by atoms with van der Waals surface area (Å²) in [6.45, 7) is 6.55. The van der Waals surface area contributed by atoms with Gasteiger partial charge in [0.2, 0.25) is 0 Å². The molecule has 12 heavy (non-hydrogen) atoms. The van der Waals surface area contributed by atoms with Crippen molar-refractivity contribution in [3.63, 3.8) is 0 Å². The fourth-order valence-corrected chi connectivity index (χ4v) is 1.88. The molecule has 1 fully saturated rings. The molecule has 1 aliphatic carbocycles. The standard InChI is InChI=1S/C9H18.C3H8/c1-2-6-9-7-4-3-5-8-9;1-3-2/h9H,2-8H2,1H3;3H2,1-2H3. The molecule has 0 bridgehead atoms. The first kappa shape index (κ1) is 12.0. The van der Waals surface area contributed by atoms with Gasteiger partial charge in [0.15, 0.2) is 0 Å². The van der Waals surface area contributed by atoms with Crippen LogP contribution in [0.2, 0.25) is 0 Å². The molecule has 0 heteroatoms. The molecule has 74 valence electrons. The molecule has 1 aliphatic rings. The smallest absolute Gasteiger partial charge is 0.0414 e. The van der Waals surface area contributed by atoms with Crippen molar-refractivity contribution in [3.05, 3.63) is 0 Å². The Kier molecular flexibility index (Phi) is 9.09. The van der Waals surface area contributed by atoms with Crippen LogP contribution in [0.1, 0.15) is 72.1 Å². The van der Waals surface area contributed by atoms with Gasteiger partial charge in [-0.1, -0.05) is 72.1 Å². The zero-order valence-corrected chi connectivity index (χ0v) is 9.23. The Bertz CT molecular complexity index is 67.4. The summed E-state index contributed by atoms with van der Waals surface area (Å²) in [5.74, 6) is 1.10. The maximum Gasteiger partial charge on any atom is -0.0414 e. The Hall–Kier alpha value is 0. The van der Waals surface area contributed by atoms with E-state index in [-0.39, 0.29) is 0 Å². The lowest BCUT2D eigenvalue weighted by molar-refractivity contribution is 0.336. The van der Waals surface area contributed by atoms with E-state index in [0.717, 1.165) is 5.92 Å². The van der Waals surface area contributed by atoms with Gasteiger partial charge in [0.05, 0.1) is 0 Å². The van der Waals surface area contributed by atoms with Gasteiger partial charge in [-0.15, -0.1) is 0 Å². The molecule has 0 heterocycles. The topological polar surface area (TPSA) is 0 Å². The third kappa shape index (κ3) is 6.69. The molecule has 0 saturated heterocycles. The molecule has 0 aromatic rings. The van der Waals surface area contributed by atoms with Crippen LogP contribution in [-0.2, 0) is 0 Å². The molecule has 0 N–H and O–H groups in total. The minimum Gasteiger partial charge on any atom is -0.0656 e. The van der Waals surface area contributed by atoms with E-state index in [4.69, 9.17) is 0 Å². The Labute approximate surface area is 78.8 Å². The van der Waals surface area contributed by atoms with E-state index < -0.39 is 0 Å². The molecule has 0 atom stereocenters. The van der Waals surface area contributed by atoms with E-state index >= 15 is 0 Å². The summed E-state index contributed by atoms with van der Waals surface area (Å²) in [6, 6.07) is 0. The SMILES string of the molecule is CCC.CCCC1CCCCC1. The van der Waals surface area contributed by atoms with Gasteiger partial charge in [-0.05, 0) is 5.92 Å². The molecule has 0 nitrogen and oxygen atoms in total. The molecule has 0 aromatic carbocycles. The maximum atomic E-state index is 2.30. The molecule has 0 spiro atoms. The van der Waals surface area contributed by atoms with Crippen LogP contribution in [0.5, 0.6) is 0 Å². The summed E-state index contributed by atoms with van der Waals surface area (Å²) in [5.41, 5.74) is 0. The van der Waals surface area contributed by atoms with Crippen LogP contribution in [0.25, 0.3) is 0 Å². The fraction of sp³-hybridized carbons (Fsp3) is 1.00. The van der Waals surface area contributed by atoms with E-state index in [9.17, 15) is 0 Å². The number of hydrogen-bond acceptors (Lipinski definition) is 0. The monoisotopic (exact) mass is 170 g/mol. The summed E-state index contributed by atoms with van der Waals surface area (Å²) in [6.07, 6.45) is 11.7. The highest BCUT2D eigenvalue weighted by molar-refractivity contribution is 4.64. The summed E-state index contributed by atoms with van der Waals surface area (Å²) < 4.78 is 0. The van der Waals surface area contributed by atoms with Crippen molar-refractivity contribution in [2.75, 3.05) is 0 Å². The van der Waals surface area contributed by atoms with E-state index in [0.29, 0.717) is 0 Å². The molecular weight excluding hydrogens is 144 g/mol. The highest BCUT2D eigenvalue weighted by Crippen LogP contribution is 2.26. The molecule has 1 saturated carbocycles. The van der Waals surface area contributed by atoms with Gasteiger partial charge >= 0.3 is 0 Å². The van der Waals surface area contributed by atoms with Crippen LogP contribution in [0.4, 0.5) is 0 Å². The van der Waals surface area contributed by atoms with Gasteiger partial charge in [-0.2, -0.15) is 0 Å². The Morgan fingerprint density at radius 1 is 0.917 bits per heavy atom. The van der Waals surface area contributed by atoms with E-state index in [1.54, 1.807) is 0 Å². The molecule has 0 radical (unpaired) electrons. The van der Waals surface area contributed by atoms with Crippen LogP contribution >= 0.6 is 0 Å². The van der Waals surface area contributed by atoms with E-state index in [2.05, 4.69) is 20.8 Å².